The van der Waals surface area contributed by atoms with Crippen molar-refractivity contribution in [1.29, 1.82) is 0 Å². The fourth-order valence-electron chi connectivity index (χ4n) is 2.92. The normalized spacial score (nSPS) is 14.7. The van der Waals surface area contributed by atoms with E-state index in [9.17, 15) is 0 Å². The maximum Gasteiger partial charge on any atom is 0.228 e. The molecule has 0 amide bonds. The molecule has 0 atom stereocenters. The Kier molecular flexibility index (Phi) is 3.18. The molecule has 22 heavy (non-hydrogen) atoms. The second-order valence-corrected chi connectivity index (χ2v) is 5.42. The third-order valence-electron chi connectivity index (χ3n) is 4.04. The van der Waals surface area contributed by atoms with E-state index < -0.39 is 0 Å². The zero-order valence-electron chi connectivity index (χ0n) is 12.5. The lowest BCUT2D eigenvalue weighted by atomic mass is 10.1. The van der Waals surface area contributed by atoms with Crippen molar-refractivity contribution < 1.29 is 9.15 Å². The molecule has 1 fully saturated rings. The van der Waals surface area contributed by atoms with Crippen LogP contribution in [0.2, 0.25) is 0 Å². The molecule has 5 nitrogen and oxygen atoms in total. The highest BCUT2D eigenvalue weighted by Gasteiger charge is 2.18. The number of hydrogen-bond acceptors (Lipinski definition) is 5. The lowest BCUT2D eigenvalue weighted by Gasteiger charge is -2.21. The molecular weight excluding hydrogens is 278 g/mol. The Morgan fingerprint density at radius 2 is 2.05 bits per heavy atom. The van der Waals surface area contributed by atoms with Crippen LogP contribution in [0.5, 0.6) is 5.75 Å². The molecule has 1 aliphatic rings. The molecule has 1 aliphatic heterocycles. The summed E-state index contributed by atoms with van der Waals surface area (Å²) in [6.07, 6.45) is 4.17. The quantitative estimate of drug-likeness (QED) is 0.740. The van der Waals surface area contributed by atoms with Crippen LogP contribution in [0.25, 0.3) is 22.7 Å². The summed E-state index contributed by atoms with van der Waals surface area (Å²) in [4.78, 5) is 11.0. The van der Waals surface area contributed by atoms with E-state index >= 15 is 0 Å². The first-order valence-electron chi connectivity index (χ1n) is 7.50. The van der Waals surface area contributed by atoms with Gasteiger partial charge in [0, 0.05) is 24.8 Å². The van der Waals surface area contributed by atoms with Gasteiger partial charge in [0.1, 0.15) is 5.75 Å². The maximum atomic E-state index is 5.81. The van der Waals surface area contributed by atoms with E-state index in [-0.39, 0.29) is 0 Å². The molecule has 0 saturated carbocycles. The van der Waals surface area contributed by atoms with Crippen molar-refractivity contribution in [3.05, 3.63) is 36.5 Å². The molecule has 4 rings (SSSR count). The largest absolute Gasteiger partial charge is 0.495 e. The molecule has 3 heterocycles. The molecule has 0 N–H and O–H groups in total. The van der Waals surface area contributed by atoms with Crippen molar-refractivity contribution in [2.75, 3.05) is 25.1 Å². The molecule has 5 heteroatoms. The Hall–Kier alpha value is -2.56. The first-order chi connectivity index (χ1) is 10.8. The first kappa shape index (κ1) is 13.1. The van der Waals surface area contributed by atoms with Gasteiger partial charge in [0.25, 0.3) is 0 Å². The van der Waals surface area contributed by atoms with E-state index in [0.717, 1.165) is 30.1 Å². The molecule has 0 aliphatic carbocycles. The monoisotopic (exact) mass is 295 g/mol. The predicted molar refractivity (Wildman–Crippen MR) is 85.2 cm³/mol. The summed E-state index contributed by atoms with van der Waals surface area (Å²) in [6.45, 7) is 2.13. The number of hydrogen-bond donors (Lipinski definition) is 0. The molecule has 2 aromatic heterocycles. The summed E-state index contributed by atoms with van der Waals surface area (Å²) in [5, 5.41) is 0. The lowest BCUT2D eigenvalue weighted by Crippen LogP contribution is -2.18. The summed E-state index contributed by atoms with van der Waals surface area (Å²) in [5.41, 5.74) is 3.39. The Balaban J connectivity index is 1.79. The SMILES string of the molecule is COc1ccc(-c2nc3ncccc3o2)cc1N1CCCC1. The Labute approximate surface area is 128 Å². The van der Waals surface area contributed by atoms with Crippen LogP contribution in [0, 0.1) is 0 Å². The number of nitrogens with zero attached hydrogens (tertiary/aromatic N) is 3. The number of rotatable bonds is 3. The van der Waals surface area contributed by atoms with Gasteiger partial charge in [-0.2, -0.15) is 4.98 Å². The van der Waals surface area contributed by atoms with E-state index in [1.165, 1.54) is 12.8 Å². The molecule has 112 valence electrons. The van der Waals surface area contributed by atoms with Gasteiger partial charge in [0.2, 0.25) is 5.89 Å². The van der Waals surface area contributed by atoms with Crippen LogP contribution < -0.4 is 9.64 Å². The first-order valence-corrected chi connectivity index (χ1v) is 7.50. The second kappa shape index (κ2) is 5.33. The van der Waals surface area contributed by atoms with Crippen molar-refractivity contribution in [1.82, 2.24) is 9.97 Å². The van der Waals surface area contributed by atoms with Crippen molar-refractivity contribution in [3.8, 4) is 17.2 Å². The van der Waals surface area contributed by atoms with Gasteiger partial charge in [-0.05, 0) is 43.2 Å². The fraction of sp³-hybridized carbons (Fsp3) is 0.294. The molecule has 3 aromatic rings. The van der Waals surface area contributed by atoms with Crippen LogP contribution in [0.4, 0.5) is 5.69 Å². The summed E-state index contributed by atoms with van der Waals surface area (Å²) in [6, 6.07) is 9.77. The van der Waals surface area contributed by atoms with Crippen molar-refractivity contribution in [3.63, 3.8) is 0 Å². The average molecular weight is 295 g/mol. The molecule has 0 radical (unpaired) electrons. The van der Waals surface area contributed by atoms with Gasteiger partial charge in [0.05, 0.1) is 12.8 Å². The number of methoxy groups -OCH3 is 1. The highest BCUT2D eigenvalue weighted by atomic mass is 16.5. The van der Waals surface area contributed by atoms with Crippen molar-refractivity contribution in [2.24, 2.45) is 0 Å². The number of aromatic nitrogens is 2. The molecule has 0 bridgehead atoms. The van der Waals surface area contributed by atoms with Gasteiger partial charge in [-0.15, -0.1) is 0 Å². The molecule has 0 spiro atoms. The Morgan fingerprint density at radius 3 is 2.82 bits per heavy atom. The van der Waals surface area contributed by atoms with Crippen LogP contribution in [0.1, 0.15) is 12.8 Å². The van der Waals surface area contributed by atoms with Crippen LogP contribution in [-0.2, 0) is 0 Å². The number of ether oxygens (including phenoxy) is 1. The van der Waals surface area contributed by atoms with E-state index in [1.807, 2.05) is 24.3 Å². The minimum absolute atomic E-state index is 0.594. The van der Waals surface area contributed by atoms with E-state index in [0.29, 0.717) is 17.1 Å². The lowest BCUT2D eigenvalue weighted by molar-refractivity contribution is 0.415. The molecule has 0 unspecified atom stereocenters. The van der Waals surface area contributed by atoms with Crippen LogP contribution >= 0.6 is 0 Å². The summed E-state index contributed by atoms with van der Waals surface area (Å²) in [7, 11) is 1.71. The second-order valence-electron chi connectivity index (χ2n) is 5.42. The zero-order valence-corrected chi connectivity index (χ0v) is 12.5. The van der Waals surface area contributed by atoms with Gasteiger partial charge in [0.15, 0.2) is 11.2 Å². The van der Waals surface area contributed by atoms with Crippen LogP contribution in [-0.4, -0.2) is 30.2 Å². The summed E-state index contributed by atoms with van der Waals surface area (Å²) < 4.78 is 11.3. The zero-order chi connectivity index (χ0) is 14.9. The van der Waals surface area contributed by atoms with Gasteiger partial charge in [-0.25, -0.2) is 4.98 Å². The van der Waals surface area contributed by atoms with E-state index in [4.69, 9.17) is 9.15 Å². The number of benzene rings is 1. The minimum Gasteiger partial charge on any atom is -0.495 e. The van der Waals surface area contributed by atoms with Crippen molar-refractivity contribution >= 4 is 16.9 Å². The standard InChI is InChI=1S/C17H17N3O2/c1-21-14-7-6-12(11-13(14)20-9-2-3-10-20)17-19-16-15(22-17)5-4-8-18-16/h4-8,11H,2-3,9-10H2,1H3. The fourth-order valence-corrected chi connectivity index (χ4v) is 2.92. The highest BCUT2D eigenvalue weighted by molar-refractivity contribution is 5.74. The molecular formula is C17H17N3O2. The Bertz CT molecular complexity index is 774. The number of fused-ring (bicyclic) bond motifs is 1. The van der Waals surface area contributed by atoms with Gasteiger partial charge in [-0.3, -0.25) is 0 Å². The maximum absolute atomic E-state index is 5.81. The van der Waals surface area contributed by atoms with E-state index in [1.54, 1.807) is 13.3 Å². The van der Waals surface area contributed by atoms with Crippen LogP contribution in [0.3, 0.4) is 0 Å². The average Bonchev–Trinajstić information content (AvgIpc) is 3.23. The topological polar surface area (TPSA) is 51.4 Å². The number of oxazole rings is 1. The summed E-state index contributed by atoms with van der Waals surface area (Å²) in [5.74, 6) is 1.48. The van der Waals surface area contributed by atoms with E-state index in [2.05, 4.69) is 20.9 Å². The minimum atomic E-state index is 0.594. The third-order valence-corrected chi connectivity index (χ3v) is 4.04. The number of anilines is 1. The molecule has 1 aromatic carbocycles. The van der Waals surface area contributed by atoms with Gasteiger partial charge in [-0.1, -0.05) is 0 Å². The third kappa shape index (κ3) is 2.19. The predicted octanol–water partition coefficient (Wildman–Crippen LogP) is 3.50. The highest BCUT2D eigenvalue weighted by Crippen LogP contribution is 2.35. The van der Waals surface area contributed by atoms with Gasteiger partial charge >= 0.3 is 0 Å². The van der Waals surface area contributed by atoms with Crippen LogP contribution in [0.15, 0.2) is 40.9 Å². The smallest absolute Gasteiger partial charge is 0.228 e. The van der Waals surface area contributed by atoms with Crippen molar-refractivity contribution in [2.45, 2.75) is 12.8 Å². The molecule has 1 saturated heterocycles. The van der Waals surface area contributed by atoms with Gasteiger partial charge < -0.3 is 14.1 Å². The number of pyridine rings is 1. The summed E-state index contributed by atoms with van der Waals surface area (Å²) >= 11 is 0. The Morgan fingerprint density at radius 1 is 1.18 bits per heavy atom.